The minimum absolute atomic E-state index is 0.0858. The number of amides is 2. The van der Waals surface area contributed by atoms with Crippen molar-refractivity contribution in [3.05, 3.63) is 98.6 Å². The molecular weight excluding hydrogens is 521 g/mol. The largest absolute Gasteiger partial charge is 0.490 e. The quantitative estimate of drug-likeness (QED) is 0.293. The van der Waals surface area contributed by atoms with Crippen LogP contribution >= 0.6 is 27.7 Å². The summed E-state index contributed by atoms with van der Waals surface area (Å²) in [4.78, 5) is 26.8. The van der Waals surface area contributed by atoms with Crippen LogP contribution in [-0.4, -0.2) is 22.7 Å². The lowest BCUT2D eigenvalue weighted by atomic mass is 10.1. The maximum Gasteiger partial charge on any atom is 0.293 e. The molecule has 0 radical (unpaired) electrons. The van der Waals surface area contributed by atoms with Crippen LogP contribution in [0.2, 0.25) is 0 Å². The number of thioether (sulfide) groups is 1. The van der Waals surface area contributed by atoms with Gasteiger partial charge in [-0.2, -0.15) is 0 Å². The fourth-order valence-electron chi connectivity index (χ4n) is 3.36. The van der Waals surface area contributed by atoms with Crippen LogP contribution in [0.15, 0.2) is 76.1 Å². The predicted molar refractivity (Wildman–Crippen MR) is 134 cm³/mol. The van der Waals surface area contributed by atoms with Crippen molar-refractivity contribution in [1.29, 1.82) is 0 Å². The van der Waals surface area contributed by atoms with Crippen LogP contribution in [0.4, 0.5) is 9.18 Å². The summed E-state index contributed by atoms with van der Waals surface area (Å²) >= 11 is 4.42. The zero-order valence-corrected chi connectivity index (χ0v) is 20.7. The van der Waals surface area contributed by atoms with Crippen molar-refractivity contribution in [2.75, 3.05) is 6.61 Å². The Hall–Kier alpha value is -3.10. The number of ether oxygens (including phenoxy) is 2. The number of hydrogen-bond donors (Lipinski definition) is 0. The average molecular weight is 542 g/mol. The first kappa shape index (κ1) is 24.0. The molecule has 3 aromatic carbocycles. The predicted octanol–water partition coefficient (Wildman–Crippen LogP) is 6.80. The van der Waals surface area contributed by atoms with Gasteiger partial charge in [-0.25, -0.2) is 4.39 Å². The molecule has 0 unspecified atom stereocenters. The van der Waals surface area contributed by atoms with Crippen molar-refractivity contribution in [3.8, 4) is 11.5 Å². The van der Waals surface area contributed by atoms with E-state index in [-0.39, 0.29) is 17.6 Å². The number of imide groups is 1. The van der Waals surface area contributed by atoms with E-state index in [1.54, 1.807) is 24.3 Å². The van der Waals surface area contributed by atoms with Crippen LogP contribution in [0.25, 0.3) is 6.08 Å². The van der Waals surface area contributed by atoms with E-state index in [1.807, 2.05) is 43.3 Å². The van der Waals surface area contributed by atoms with Gasteiger partial charge < -0.3 is 9.47 Å². The summed E-state index contributed by atoms with van der Waals surface area (Å²) in [7, 11) is 0. The molecule has 8 heteroatoms. The molecule has 5 nitrogen and oxygen atoms in total. The van der Waals surface area contributed by atoms with Gasteiger partial charge >= 0.3 is 0 Å². The van der Waals surface area contributed by atoms with E-state index in [0.717, 1.165) is 22.2 Å². The highest BCUT2D eigenvalue weighted by Crippen LogP contribution is 2.40. The summed E-state index contributed by atoms with van der Waals surface area (Å²) in [5, 5.41) is -0.368. The molecule has 1 fully saturated rings. The Morgan fingerprint density at radius 1 is 1.00 bits per heavy atom. The Morgan fingerprint density at radius 2 is 1.74 bits per heavy atom. The standard InChI is InChI=1S/C26H21BrFNO4S/c1-2-32-22-13-19(12-21(27)24(22)33-16-18-6-4-3-5-7-18)14-23-25(30)29(26(31)34-23)15-17-8-10-20(28)11-9-17/h3-14H,2,15-16H2,1H3/b23-14-. The van der Waals surface area contributed by atoms with Gasteiger partial charge in [0, 0.05) is 0 Å². The third-order valence-corrected chi connectivity index (χ3v) is 6.48. The molecule has 0 N–H and O–H groups in total. The number of rotatable bonds is 8. The smallest absolute Gasteiger partial charge is 0.293 e. The number of benzene rings is 3. The number of hydrogen-bond acceptors (Lipinski definition) is 5. The van der Waals surface area contributed by atoms with Crippen molar-refractivity contribution >= 4 is 44.9 Å². The molecule has 174 valence electrons. The van der Waals surface area contributed by atoms with Gasteiger partial charge in [0.2, 0.25) is 0 Å². The van der Waals surface area contributed by atoms with Gasteiger partial charge in [0.1, 0.15) is 12.4 Å². The zero-order chi connectivity index (χ0) is 24.1. The molecule has 0 aliphatic carbocycles. The SMILES string of the molecule is CCOc1cc(/C=C2\SC(=O)N(Cc3ccc(F)cc3)C2=O)cc(Br)c1OCc1ccccc1. The van der Waals surface area contributed by atoms with E-state index >= 15 is 0 Å². The molecule has 0 aromatic heterocycles. The summed E-state index contributed by atoms with van der Waals surface area (Å²) in [5.41, 5.74) is 2.39. The molecule has 4 rings (SSSR count). The molecule has 34 heavy (non-hydrogen) atoms. The first-order valence-corrected chi connectivity index (χ1v) is 12.2. The molecule has 1 saturated heterocycles. The fraction of sp³-hybridized carbons (Fsp3) is 0.154. The maximum atomic E-state index is 13.2. The van der Waals surface area contributed by atoms with Crippen molar-refractivity contribution in [2.45, 2.75) is 20.1 Å². The van der Waals surface area contributed by atoms with Gasteiger partial charge in [0.25, 0.3) is 11.1 Å². The van der Waals surface area contributed by atoms with Gasteiger partial charge in [-0.05, 0) is 81.6 Å². The molecule has 0 atom stereocenters. The van der Waals surface area contributed by atoms with Gasteiger partial charge in [-0.1, -0.05) is 42.5 Å². The summed E-state index contributed by atoms with van der Waals surface area (Å²) in [6.45, 7) is 2.78. The van der Waals surface area contributed by atoms with Crippen LogP contribution in [0.3, 0.4) is 0 Å². The Morgan fingerprint density at radius 3 is 2.44 bits per heavy atom. The summed E-state index contributed by atoms with van der Waals surface area (Å²) in [5.74, 6) is 0.333. The first-order chi connectivity index (χ1) is 16.4. The second-order valence-corrected chi connectivity index (χ2v) is 9.28. The molecule has 2 amide bonds. The Kier molecular flexibility index (Phi) is 7.70. The monoisotopic (exact) mass is 541 g/mol. The van der Waals surface area contributed by atoms with Gasteiger partial charge in [-0.3, -0.25) is 14.5 Å². The highest BCUT2D eigenvalue weighted by Gasteiger charge is 2.35. The van der Waals surface area contributed by atoms with Crippen molar-refractivity contribution in [2.24, 2.45) is 0 Å². The van der Waals surface area contributed by atoms with E-state index in [9.17, 15) is 14.0 Å². The molecule has 0 saturated carbocycles. The van der Waals surface area contributed by atoms with Gasteiger partial charge in [0.15, 0.2) is 11.5 Å². The molecule has 0 bridgehead atoms. The third-order valence-electron chi connectivity index (χ3n) is 4.98. The molecular formula is C26H21BrFNO4S. The van der Waals surface area contributed by atoms with Crippen molar-refractivity contribution in [1.82, 2.24) is 4.90 Å². The molecule has 3 aromatic rings. The Labute approximate surface area is 209 Å². The second-order valence-electron chi connectivity index (χ2n) is 7.43. The summed E-state index contributed by atoms with van der Waals surface area (Å²) < 4.78 is 25.6. The van der Waals surface area contributed by atoms with Crippen molar-refractivity contribution < 1.29 is 23.5 Å². The maximum absolute atomic E-state index is 13.2. The van der Waals surface area contributed by atoms with Crippen LogP contribution in [0.5, 0.6) is 11.5 Å². The lowest BCUT2D eigenvalue weighted by molar-refractivity contribution is -0.123. The zero-order valence-electron chi connectivity index (χ0n) is 18.3. The lowest BCUT2D eigenvalue weighted by Crippen LogP contribution is -2.27. The first-order valence-electron chi connectivity index (χ1n) is 10.6. The highest BCUT2D eigenvalue weighted by atomic mass is 79.9. The average Bonchev–Trinajstić information content (AvgIpc) is 3.08. The number of halogens is 2. The lowest BCUT2D eigenvalue weighted by Gasteiger charge is -2.15. The van der Waals surface area contributed by atoms with Crippen LogP contribution in [0, 0.1) is 5.82 Å². The van der Waals surface area contributed by atoms with E-state index in [2.05, 4.69) is 15.9 Å². The normalized spacial score (nSPS) is 14.7. The summed E-state index contributed by atoms with van der Waals surface area (Å²) in [6, 6.07) is 19.1. The van der Waals surface area contributed by atoms with Crippen LogP contribution in [0.1, 0.15) is 23.6 Å². The van der Waals surface area contributed by atoms with Gasteiger partial charge in [0.05, 0.1) is 22.5 Å². The van der Waals surface area contributed by atoms with E-state index < -0.39 is 5.91 Å². The summed E-state index contributed by atoms with van der Waals surface area (Å²) in [6.07, 6.45) is 1.66. The number of carbonyl (C=O) groups is 2. The number of nitrogens with zero attached hydrogens (tertiary/aromatic N) is 1. The molecule has 1 heterocycles. The molecule has 0 spiro atoms. The Balaban J connectivity index is 1.55. The molecule has 1 aliphatic rings. The van der Waals surface area contributed by atoms with Crippen LogP contribution < -0.4 is 9.47 Å². The Bertz CT molecular complexity index is 1230. The van der Waals surface area contributed by atoms with Crippen molar-refractivity contribution in [3.63, 3.8) is 0 Å². The topological polar surface area (TPSA) is 55.8 Å². The van der Waals surface area contributed by atoms with E-state index in [1.165, 1.54) is 12.1 Å². The van der Waals surface area contributed by atoms with E-state index in [4.69, 9.17) is 9.47 Å². The van der Waals surface area contributed by atoms with E-state index in [0.29, 0.717) is 45.2 Å². The van der Waals surface area contributed by atoms with Gasteiger partial charge in [-0.15, -0.1) is 0 Å². The van der Waals surface area contributed by atoms with Crippen LogP contribution in [-0.2, 0) is 17.9 Å². The highest BCUT2D eigenvalue weighted by molar-refractivity contribution is 9.10. The minimum Gasteiger partial charge on any atom is -0.490 e. The third kappa shape index (κ3) is 5.69. The second kappa shape index (κ2) is 10.9. The fourth-order valence-corrected chi connectivity index (χ4v) is 4.78. The number of carbonyl (C=O) groups excluding carboxylic acids is 2. The molecule has 1 aliphatic heterocycles. The minimum atomic E-state index is -0.391.